The number of hydrogen-bond donors (Lipinski definition) is 1. The van der Waals surface area contributed by atoms with Gasteiger partial charge < -0.3 is 10.5 Å². The van der Waals surface area contributed by atoms with Gasteiger partial charge in [0.25, 0.3) is 0 Å². The first kappa shape index (κ1) is 10.4. The number of nitrogen functional groups attached to an aromatic ring is 1. The second-order valence-electron chi connectivity index (χ2n) is 3.23. The summed E-state index contributed by atoms with van der Waals surface area (Å²) < 4.78 is 5.40. The van der Waals surface area contributed by atoms with Gasteiger partial charge in [0.15, 0.2) is 5.78 Å². The predicted molar refractivity (Wildman–Crippen MR) is 60.0 cm³/mol. The summed E-state index contributed by atoms with van der Waals surface area (Å²) in [7, 11) is 0. The topological polar surface area (TPSA) is 65.2 Å². The highest BCUT2D eigenvalue weighted by Crippen LogP contribution is 2.18. The molecule has 0 bridgehead atoms. The molecule has 0 aliphatic carbocycles. The Balaban J connectivity index is 2.16. The second kappa shape index (κ2) is 4.63. The molecule has 0 aromatic carbocycles. The zero-order chi connectivity index (χ0) is 10.7. The van der Waals surface area contributed by atoms with Crippen LogP contribution in [0.3, 0.4) is 0 Å². The van der Waals surface area contributed by atoms with E-state index in [1.165, 1.54) is 0 Å². The summed E-state index contributed by atoms with van der Waals surface area (Å²) in [6.07, 6.45) is 1.21. The highest BCUT2D eigenvalue weighted by Gasteiger charge is 2.25. The van der Waals surface area contributed by atoms with Crippen LogP contribution in [-0.4, -0.2) is 35.0 Å². The molecule has 0 amide bonds. The van der Waals surface area contributed by atoms with Gasteiger partial charge in [-0.15, -0.1) is 0 Å². The van der Waals surface area contributed by atoms with E-state index in [0.717, 1.165) is 5.75 Å². The second-order valence-corrected chi connectivity index (χ2v) is 4.38. The lowest BCUT2D eigenvalue weighted by Gasteiger charge is -2.21. The van der Waals surface area contributed by atoms with Crippen LogP contribution < -0.4 is 5.73 Å². The van der Waals surface area contributed by atoms with E-state index in [4.69, 9.17) is 10.5 Å². The molecule has 1 aliphatic rings. The molecule has 80 valence electrons. The fraction of sp³-hybridized carbons (Fsp3) is 0.400. The number of carbonyl (C=O) groups excluding carboxylic acids is 1. The van der Waals surface area contributed by atoms with Gasteiger partial charge in [-0.1, -0.05) is 0 Å². The molecule has 2 rings (SSSR count). The van der Waals surface area contributed by atoms with Crippen LogP contribution in [0.5, 0.6) is 0 Å². The Bertz CT molecular complexity index is 364. The van der Waals surface area contributed by atoms with E-state index in [1.54, 1.807) is 30.1 Å². The Kier molecular flexibility index (Phi) is 3.23. The molecule has 4 nitrogen and oxygen atoms in total. The van der Waals surface area contributed by atoms with Crippen LogP contribution in [0.15, 0.2) is 18.3 Å². The standard InChI is InChI=1S/C10H12N2O2S/c11-10-7(2-1-3-12-10)9(13)8-6-15-5-4-14-8/h1-3,8H,4-6H2,(H2,11,12). The number of thioether (sulfide) groups is 1. The molecule has 2 heterocycles. The average Bonchev–Trinajstić information content (AvgIpc) is 2.30. The molecule has 1 saturated heterocycles. The molecule has 5 heteroatoms. The first-order valence-electron chi connectivity index (χ1n) is 4.73. The molecule has 1 atom stereocenters. The molecule has 1 fully saturated rings. The Hall–Kier alpha value is -1.07. The summed E-state index contributed by atoms with van der Waals surface area (Å²) in [5.41, 5.74) is 6.10. The molecule has 1 aromatic rings. The molecule has 15 heavy (non-hydrogen) atoms. The van der Waals surface area contributed by atoms with Crippen molar-refractivity contribution in [2.24, 2.45) is 0 Å². The van der Waals surface area contributed by atoms with Gasteiger partial charge in [-0.25, -0.2) is 4.98 Å². The summed E-state index contributed by atoms with van der Waals surface area (Å²) in [5, 5.41) is 0. The summed E-state index contributed by atoms with van der Waals surface area (Å²) >= 11 is 1.72. The van der Waals surface area contributed by atoms with Crippen LogP contribution in [0, 0.1) is 0 Å². The normalized spacial score (nSPS) is 21.2. The fourth-order valence-electron chi connectivity index (χ4n) is 1.44. The van der Waals surface area contributed by atoms with Crippen LogP contribution in [0.1, 0.15) is 10.4 Å². The van der Waals surface area contributed by atoms with Crippen molar-refractivity contribution < 1.29 is 9.53 Å². The van der Waals surface area contributed by atoms with E-state index < -0.39 is 0 Å². The Labute approximate surface area is 92.2 Å². The van der Waals surface area contributed by atoms with Crippen molar-refractivity contribution in [3.05, 3.63) is 23.9 Å². The molecule has 1 aromatic heterocycles. The average molecular weight is 224 g/mol. The zero-order valence-corrected chi connectivity index (χ0v) is 9.00. The van der Waals surface area contributed by atoms with E-state index in [-0.39, 0.29) is 17.7 Å². The monoisotopic (exact) mass is 224 g/mol. The first-order valence-corrected chi connectivity index (χ1v) is 5.88. The molecule has 0 saturated carbocycles. The van der Waals surface area contributed by atoms with E-state index in [2.05, 4.69) is 4.98 Å². The Morgan fingerprint density at radius 1 is 1.67 bits per heavy atom. The van der Waals surface area contributed by atoms with E-state index in [0.29, 0.717) is 17.9 Å². The molecule has 1 aliphatic heterocycles. The van der Waals surface area contributed by atoms with Gasteiger partial charge in [0.1, 0.15) is 11.9 Å². The van der Waals surface area contributed by atoms with Gasteiger partial charge in [0, 0.05) is 17.7 Å². The lowest BCUT2D eigenvalue weighted by molar-refractivity contribution is 0.0519. The first-order chi connectivity index (χ1) is 7.29. The Morgan fingerprint density at radius 3 is 3.20 bits per heavy atom. The van der Waals surface area contributed by atoms with E-state index in [1.807, 2.05) is 0 Å². The number of Topliss-reactive ketones (excluding diaryl/α,β-unsaturated/α-hetero) is 1. The lowest BCUT2D eigenvalue weighted by Crippen LogP contribution is -2.32. The minimum atomic E-state index is -0.366. The lowest BCUT2D eigenvalue weighted by atomic mass is 10.1. The quantitative estimate of drug-likeness (QED) is 0.758. The van der Waals surface area contributed by atoms with Crippen LogP contribution in [0.25, 0.3) is 0 Å². The molecule has 2 N–H and O–H groups in total. The number of nitrogens with zero attached hydrogens (tertiary/aromatic N) is 1. The van der Waals surface area contributed by atoms with Crippen molar-refractivity contribution in [3.63, 3.8) is 0 Å². The highest BCUT2D eigenvalue weighted by atomic mass is 32.2. The number of pyridine rings is 1. The maximum Gasteiger partial charge on any atom is 0.196 e. The highest BCUT2D eigenvalue weighted by molar-refractivity contribution is 7.99. The van der Waals surface area contributed by atoms with Crippen molar-refractivity contribution in [3.8, 4) is 0 Å². The molecular weight excluding hydrogens is 212 g/mol. The van der Waals surface area contributed by atoms with Crippen LogP contribution in [-0.2, 0) is 4.74 Å². The van der Waals surface area contributed by atoms with Crippen LogP contribution >= 0.6 is 11.8 Å². The Morgan fingerprint density at radius 2 is 2.53 bits per heavy atom. The summed E-state index contributed by atoms with van der Waals surface area (Å²) in [6.45, 7) is 0.626. The number of carbonyl (C=O) groups is 1. The number of ketones is 1. The smallest absolute Gasteiger partial charge is 0.196 e. The van der Waals surface area contributed by atoms with Gasteiger partial charge >= 0.3 is 0 Å². The number of anilines is 1. The maximum atomic E-state index is 12.0. The maximum absolute atomic E-state index is 12.0. The molecule has 0 radical (unpaired) electrons. The van der Waals surface area contributed by atoms with Crippen LogP contribution in [0.2, 0.25) is 0 Å². The van der Waals surface area contributed by atoms with Crippen molar-refractivity contribution in [2.75, 3.05) is 23.8 Å². The van der Waals surface area contributed by atoms with Crippen molar-refractivity contribution >= 4 is 23.4 Å². The third-order valence-electron chi connectivity index (χ3n) is 2.21. The van der Waals surface area contributed by atoms with Gasteiger partial charge in [-0.3, -0.25) is 4.79 Å². The third-order valence-corrected chi connectivity index (χ3v) is 3.21. The van der Waals surface area contributed by atoms with Crippen molar-refractivity contribution in [2.45, 2.75) is 6.10 Å². The van der Waals surface area contributed by atoms with Crippen molar-refractivity contribution in [1.82, 2.24) is 4.98 Å². The number of ether oxygens (including phenoxy) is 1. The largest absolute Gasteiger partial charge is 0.383 e. The number of hydrogen-bond acceptors (Lipinski definition) is 5. The number of nitrogens with two attached hydrogens (primary N) is 1. The molecular formula is C10H12N2O2S. The van der Waals surface area contributed by atoms with Gasteiger partial charge in [0.05, 0.1) is 12.2 Å². The molecule has 1 unspecified atom stereocenters. The summed E-state index contributed by atoms with van der Waals surface area (Å²) in [5.74, 6) is 1.87. The van der Waals surface area contributed by atoms with Gasteiger partial charge in [-0.2, -0.15) is 11.8 Å². The minimum Gasteiger partial charge on any atom is -0.383 e. The van der Waals surface area contributed by atoms with Crippen LogP contribution in [0.4, 0.5) is 5.82 Å². The summed E-state index contributed by atoms with van der Waals surface area (Å²) in [6, 6.07) is 3.40. The van der Waals surface area contributed by atoms with Gasteiger partial charge in [0.2, 0.25) is 0 Å². The number of rotatable bonds is 2. The predicted octanol–water partition coefficient (Wildman–Crippen LogP) is 0.978. The van der Waals surface area contributed by atoms with Crippen molar-refractivity contribution in [1.29, 1.82) is 0 Å². The van der Waals surface area contributed by atoms with E-state index in [9.17, 15) is 4.79 Å². The zero-order valence-electron chi connectivity index (χ0n) is 8.18. The molecule has 0 spiro atoms. The summed E-state index contributed by atoms with van der Waals surface area (Å²) in [4.78, 5) is 15.9. The SMILES string of the molecule is Nc1ncccc1C(=O)C1CSCCO1. The fourth-order valence-corrected chi connectivity index (χ4v) is 2.28. The van der Waals surface area contributed by atoms with E-state index >= 15 is 0 Å². The minimum absolute atomic E-state index is 0.0622. The third kappa shape index (κ3) is 2.30. The van der Waals surface area contributed by atoms with Gasteiger partial charge in [-0.05, 0) is 12.1 Å². The number of aromatic nitrogens is 1.